The van der Waals surface area contributed by atoms with Gasteiger partial charge in [0.15, 0.2) is 11.5 Å². The van der Waals surface area contributed by atoms with Crippen molar-refractivity contribution in [2.24, 2.45) is 0 Å². The molecule has 0 atom stereocenters. The summed E-state index contributed by atoms with van der Waals surface area (Å²) < 4.78 is 16.3. The van der Waals surface area contributed by atoms with E-state index < -0.39 is 17.7 Å². The summed E-state index contributed by atoms with van der Waals surface area (Å²) in [6.45, 7) is -0.347. The molecule has 2 heterocycles. The molecule has 0 aliphatic rings. The number of carboxylic acid groups (broad SMARTS) is 1. The van der Waals surface area contributed by atoms with Crippen LogP contribution in [0.25, 0.3) is 0 Å². The van der Waals surface area contributed by atoms with Crippen LogP contribution in [0.4, 0.5) is 10.2 Å². The van der Waals surface area contributed by atoms with Gasteiger partial charge in [0.2, 0.25) is 0 Å². The van der Waals surface area contributed by atoms with E-state index in [4.69, 9.17) is 28.3 Å². The highest BCUT2D eigenvalue weighted by atomic mass is 35.5. The molecule has 0 saturated carbocycles. The molecule has 8 nitrogen and oxygen atoms in total. The second-order valence-electron chi connectivity index (χ2n) is 5.47. The number of halogens is 3. The number of nitrogens with zero attached hydrogens (tertiary/aromatic N) is 4. The zero-order valence-corrected chi connectivity index (χ0v) is 15.1. The summed E-state index contributed by atoms with van der Waals surface area (Å²) in [5.41, 5.74) is 0.239. The molecule has 0 saturated heterocycles. The van der Waals surface area contributed by atoms with E-state index in [1.54, 1.807) is 6.07 Å². The van der Waals surface area contributed by atoms with E-state index in [1.807, 2.05) is 0 Å². The summed E-state index contributed by atoms with van der Waals surface area (Å²) in [4.78, 5) is 22.9. The Kier molecular flexibility index (Phi) is 5.43. The van der Waals surface area contributed by atoms with E-state index in [0.717, 1.165) is 4.68 Å². The number of rotatable bonds is 6. The summed E-state index contributed by atoms with van der Waals surface area (Å²) in [7, 11) is 0. The monoisotopic (exact) mass is 411 g/mol. The fourth-order valence-electron chi connectivity index (χ4n) is 2.29. The maximum atomic E-state index is 13.9. The van der Waals surface area contributed by atoms with Gasteiger partial charge in [-0.2, -0.15) is 10.2 Å². The van der Waals surface area contributed by atoms with E-state index in [-0.39, 0.29) is 40.2 Å². The summed E-state index contributed by atoms with van der Waals surface area (Å²) in [6, 6.07) is 5.69. The number of aromatic nitrogens is 4. The normalized spacial score (nSPS) is 10.8. The van der Waals surface area contributed by atoms with Crippen LogP contribution >= 0.6 is 23.2 Å². The minimum Gasteiger partial charge on any atom is -0.480 e. The Morgan fingerprint density at radius 2 is 1.93 bits per heavy atom. The smallest absolute Gasteiger partial charge is 0.325 e. The molecule has 0 aliphatic carbocycles. The molecule has 140 valence electrons. The van der Waals surface area contributed by atoms with E-state index in [9.17, 15) is 14.0 Å². The van der Waals surface area contributed by atoms with Crippen LogP contribution in [0.15, 0.2) is 36.7 Å². The molecule has 2 aromatic heterocycles. The molecule has 0 aliphatic heterocycles. The van der Waals surface area contributed by atoms with Crippen molar-refractivity contribution >= 4 is 40.9 Å². The molecular formula is C16H12Cl2FN5O3. The zero-order valence-electron chi connectivity index (χ0n) is 13.6. The minimum atomic E-state index is -1.08. The predicted molar refractivity (Wildman–Crippen MR) is 95.6 cm³/mol. The van der Waals surface area contributed by atoms with Crippen LogP contribution in [-0.2, 0) is 17.9 Å². The lowest BCUT2D eigenvalue weighted by molar-refractivity contribution is -0.137. The molecule has 11 heteroatoms. The number of hydrogen-bond acceptors (Lipinski definition) is 4. The predicted octanol–water partition coefficient (Wildman–Crippen LogP) is 2.91. The van der Waals surface area contributed by atoms with Gasteiger partial charge in [-0.3, -0.25) is 19.0 Å². The third kappa shape index (κ3) is 4.44. The zero-order chi connectivity index (χ0) is 19.6. The Morgan fingerprint density at radius 3 is 2.63 bits per heavy atom. The average molecular weight is 412 g/mol. The van der Waals surface area contributed by atoms with Gasteiger partial charge in [-0.25, -0.2) is 4.39 Å². The van der Waals surface area contributed by atoms with Crippen molar-refractivity contribution in [1.82, 2.24) is 19.6 Å². The Hall–Kier alpha value is -2.91. The lowest BCUT2D eigenvalue weighted by atomic mass is 10.2. The second kappa shape index (κ2) is 7.77. The highest BCUT2D eigenvalue weighted by Gasteiger charge is 2.16. The number of anilines is 1. The van der Waals surface area contributed by atoms with E-state index in [0.29, 0.717) is 0 Å². The van der Waals surface area contributed by atoms with Gasteiger partial charge in [0.25, 0.3) is 5.91 Å². The van der Waals surface area contributed by atoms with Gasteiger partial charge in [-0.05, 0) is 18.2 Å². The van der Waals surface area contributed by atoms with Crippen LogP contribution < -0.4 is 5.32 Å². The Bertz CT molecular complexity index is 997. The van der Waals surface area contributed by atoms with Crippen LogP contribution in [-0.4, -0.2) is 36.5 Å². The number of hydrogen-bond donors (Lipinski definition) is 2. The number of benzene rings is 1. The number of carbonyl (C=O) groups is 2. The Labute approximate surface area is 162 Å². The van der Waals surface area contributed by atoms with Crippen molar-refractivity contribution in [1.29, 1.82) is 0 Å². The molecule has 27 heavy (non-hydrogen) atoms. The number of nitrogens with one attached hydrogen (secondary N) is 1. The summed E-state index contributed by atoms with van der Waals surface area (Å²) in [5, 5.41) is 19.5. The molecule has 0 spiro atoms. The van der Waals surface area contributed by atoms with Gasteiger partial charge in [-0.15, -0.1) is 0 Å². The number of aliphatic carboxylic acids is 1. The first-order valence-corrected chi connectivity index (χ1v) is 8.31. The van der Waals surface area contributed by atoms with Crippen molar-refractivity contribution in [3.05, 3.63) is 63.8 Å². The van der Waals surface area contributed by atoms with Crippen molar-refractivity contribution in [2.45, 2.75) is 13.1 Å². The fourth-order valence-corrected chi connectivity index (χ4v) is 2.71. The summed E-state index contributed by atoms with van der Waals surface area (Å²) in [6.07, 6.45) is 2.78. The van der Waals surface area contributed by atoms with Crippen molar-refractivity contribution in [3.8, 4) is 0 Å². The second-order valence-corrected chi connectivity index (χ2v) is 6.28. The molecule has 1 amide bonds. The lowest BCUT2D eigenvalue weighted by Gasteiger charge is -2.05. The first-order chi connectivity index (χ1) is 12.8. The van der Waals surface area contributed by atoms with Gasteiger partial charge >= 0.3 is 5.97 Å². The molecule has 0 unspecified atom stereocenters. The van der Waals surface area contributed by atoms with Crippen LogP contribution in [0.2, 0.25) is 10.0 Å². The van der Waals surface area contributed by atoms with Gasteiger partial charge in [0, 0.05) is 23.0 Å². The van der Waals surface area contributed by atoms with E-state index >= 15 is 0 Å². The topological polar surface area (TPSA) is 102 Å². The quantitative estimate of drug-likeness (QED) is 0.648. The SMILES string of the molecule is O=C(O)Cn1ccc(C(=O)Nc2nn(Cc3c(F)cccc3Cl)cc2Cl)n1. The van der Waals surface area contributed by atoms with Crippen molar-refractivity contribution in [2.75, 3.05) is 5.32 Å². The molecule has 0 radical (unpaired) electrons. The number of carbonyl (C=O) groups excluding carboxylic acids is 1. The third-order valence-electron chi connectivity index (χ3n) is 3.50. The van der Waals surface area contributed by atoms with Crippen LogP contribution in [0.1, 0.15) is 16.1 Å². The van der Waals surface area contributed by atoms with E-state index in [1.165, 1.54) is 35.3 Å². The third-order valence-corrected chi connectivity index (χ3v) is 4.13. The van der Waals surface area contributed by atoms with E-state index in [2.05, 4.69) is 15.5 Å². The maximum absolute atomic E-state index is 13.9. The molecule has 0 bridgehead atoms. The molecule has 3 rings (SSSR count). The minimum absolute atomic E-state index is 0.000912. The largest absolute Gasteiger partial charge is 0.480 e. The van der Waals surface area contributed by atoms with Gasteiger partial charge < -0.3 is 10.4 Å². The van der Waals surface area contributed by atoms with Gasteiger partial charge in [0.05, 0.1) is 6.54 Å². The van der Waals surface area contributed by atoms with Crippen LogP contribution in [0, 0.1) is 5.82 Å². The first kappa shape index (κ1) is 18.9. The molecule has 1 aromatic carbocycles. The van der Waals surface area contributed by atoms with Crippen LogP contribution in [0.3, 0.4) is 0 Å². The number of carboxylic acids is 1. The Morgan fingerprint density at radius 1 is 1.15 bits per heavy atom. The lowest BCUT2D eigenvalue weighted by Crippen LogP contribution is -2.15. The summed E-state index contributed by atoms with van der Waals surface area (Å²) >= 11 is 12.1. The maximum Gasteiger partial charge on any atom is 0.325 e. The summed E-state index contributed by atoms with van der Waals surface area (Å²) in [5.74, 6) is -2.13. The first-order valence-electron chi connectivity index (χ1n) is 7.56. The van der Waals surface area contributed by atoms with Gasteiger partial charge in [0.1, 0.15) is 17.4 Å². The number of amides is 1. The van der Waals surface area contributed by atoms with Crippen LogP contribution in [0.5, 0.6) is 0 Å². The fraction of sp³-hybridized carbons (Fsp3) is 0.125. The highest BCUT2D eigenvalue weighted by Crippen LogP contribution is 2.24. The highest BCUT2D eigenvalue weighted by molar-refractivity contribution is 6.33. The molecule has 2 N–H and O–H groups in total. The Balaban J connectivity index is 1.74. The molecule has 0 fully saturated rings. The molecule has 3 aromatic rings. The average Bonchev–Trinajstić information content (AvgIpc) is 3.18. The van der Waals surface area contributed by atoms with Gasteiger partial charge in [-0.1, -0.05) is 29.3 Å². The van der Waals surface area contributed by atoms with Crippen molar-refractivity contribution in [3.63, 3.8) is 0 Å². The molecular weight excluding hydrogens is 400 g/mol. The van der Waals surface area contributed by atoms with Crippen molar-refractivity contribution < 1.29 is 19.1 Å². The standard InChI is InChI=1S/C16H12Cl2FN5O3/c17-10-2-1-3-12(19)9(10)6-24-7-11(18)15(22-24)20-16(27)13-4-5-23(21-13)8-14(25)26/h1-5,7H,6,8H2,(H,25,26)(H,20,22,27).